The van der Waals surface area contributed by atoms with Gasteiger partial charge in [-0.3, -0.25) is 5.21 Å². The van der Waals surface area contributed by atoms with Crippen molar-refractivity contribution in [2.45, 2.75) is 38.1 Å². The zero-order valence-electron chi connectivity index (χ0n) is 11.2. The molecule has 1 aromatic rings. The second-order valence-corrected chi connectivity index (χ2v) is 4.88. The van der Waals surface area contributed by atoms with Crippen LogP contribution < -0.4 is 0 Å². The maximum Gasteiger partial charge on any atom is 0.338 e. The third-order valence-corrected chi connectivity index (χ3v) is 3.59. The summed E-state index contributed by atoms with van der Waals surface area (Å²) in [7, 11) is 1.36. The van der Waals surface area contributed by atoms with E-state index in [0.717, 1.165) is 25.7 Å². The summed E-state index contributed by atoms with van der Waals surface area (Å²) in [5, 5.41) is 10.1. The molecule has 0 radical (unpaired) electrons. The molecular weight excluding hydrogens is 242 g/mol. The molecule has 1 saturated carbocycles. The molecule has 0 saturated heterocycles. The summed E-state index contributed by atoms with van der Waals surface area (Å²) in [6.07, 6.45) is 7.15. The lowest BCUT2D eigenvalue weighted by Gasteiger charge is -2.15. The molecule has 1 fully saturated rings. The Bertz CT molecular complexity index is 476. The first kappa shape index (κ1) is 13.6. The molecule has 1 aromatic carbocycles. The van der Waals surface area contributed by atoms with Gasteiger partial charge in [-0.1, -0.05) is 18.6 Å². The Balaban J connectivity index is 2.23. The summed E-state index contributed by atoms with van der Waals surface area (Å²) in [5.41, 5.74) is 1.15. The normalized spacial score (nSPS) is 17.2. The van der Waals surface area contributed by atoms with E-state index in [0.29, 0.717) is 11.1 Å². The molecule has 1 aliphatic carbocycles. The molecule has 4 nitrogen and oxygen atoms in total. The Labute approximate surface area is 113 Å². The van der Waals surface area contributed by atoms with Crippen LogP contribution in [0.25, 0.3) is 0 Å². The van der Waals surface area contributed by atoms with E-state index in [1.165, 1.54) is 18.3 Å². The van der Waals surface area contributed by atoms with E-state index in [2.05, 4.69) is 0 Å². The molecule has 0 amide bonds. The van der Waals surface area contributed by atoms with Crippen molar-refractivity contribution in [3.63, 3.8) is 0 Å². The van der Waals surface area contributed by atoms with Crippen LogP contribution in [0.2, 0.25) is 0 Å². The van der Waals surface area contributed by atoms with Crippen molar-refractivity contribution >= 4 is 12.2 Å². The van der Waals surface area contributed by atoms with Gasteiger partial charge in [0, 0.05) is 12.8 Å². The molecule has 0 atom stereocenters. The van der Waals surface area contributed by atoms with Crippen LogP contribution in [0.15, 0.2) is 24.3 Å². The summed E-state index contributed by atoms with van der Waals surface area (Å²) < 4.78 is 6.00. The van der Waals surface area contributed by atoms with Crippen molar-refractivity contribution in [2.75, 3.05) is 7.11 Å². The van der Waals surface area contributed by atoms with Crippen LogP contribution in [-0.2, 0) is 4.74 Å². The van der Waals surface area contributed by atoms with E-state index in [-0.39, 0.29) is 12.0 Å². The number of rotatable bonds is 3. The number of ether oxygens (including phenoxy) is 1. The van der Waals surface area contributed by atoms with E-state index in [4.69, 9.17) is 4.74 Å². The van der Waals surface area contributed by atoms with E-state index < -0.39 is 0 Å². The second-order valence-electron chi connectivity index (χ2n) is 4.88. The van der Waals surface area contributed by atoms with Gasteiger partial charge in [-0.15, -0.1) is 0 Å². The fraction of sp³-hybridized carbons (Fsp3) is 0.467. The first-order valence-electron chi connectivity index (χ1n) is 6.72. The van der Waals surface area contributed by atoms with Gasteiger partial charge in [-0.2, -0.15) is 0 Å². The van der Waals surface area contributed by atoms with Gasteiger partial charge in [-0.05, 0) is 29.7 Å². The highest BCUT2D eigenvalue weighted by Crippen LogP contribution is 2.19. The monoisotopic (exact) mass is 262 g/mol. The number of hydrogen-bond donors (Lipinski definition) is 1. The van der Waals surface area contributed by atoms with Gasteiger partial charge < -0.3 is 4.74 Å². The Morgan fingerprint density at radius 1 is 1.32 bits per heavy atom. The number of benzene rings is 1. The van der Waals surface area contributed by atoms with Crippen molar-refractivity contribution in [2.24, 2.45) is 0 Å². The Morgan fingerprint density at radius 3 is 2.68 bits per heavy atom. The lowest BCUT2D eigenvalue weighted by molar-refractivity contribution is -0.797. The molecular formula is C15H20NO3+. The van der Waals surface area contributed by atoms with Gasteiger partial charge >= 0.3 is 5.97 Å². The quantitative estimate of drug-likeness (QED) is 0.299. The highest BCUT2D eigenvalue weighted by Gasteiger charge is 2.24. The van der Waals surface area contributed by atoms with Crippen LogP contribution in [0.5, 0.6) is 0 Å². The molecule has 1 aliphatic rings. The van der Waals surface area contributed by atoms with Gasteiger partial charge in [-0.25, -0.2) is 4.79 Å². The summed E-state index contributed by atoms with van der Waals surface area (Å²) in [6.45, 7) is 0. The molecule has 0 unspecified atom stereocenters. The van der Waals surface area contributed by atoms with Crippen molar-refractivity contribution in [3.05, 3.63) is 35.4 Å². The van der Waals surface area contributed by atoms with Gasteiger partial charge in [0.15, 0.2) is 0 Å². The number of hydroxylamine groups is 1. The van der Waals surface area contributed by atoms with E-state index in [9.17, 15) is 10.0 Å². The molecule has 102 valence electrons. The number of hydrogen-bond acceptors (Lipinski definition) is 3. The predicted molar refractivity (Wildman–Crippen MR) is 71.9 cm³/mol. The van der Waals surface area contributed by atoms with Crippen molar-refractivity contribution < 1.29 is 19.5 Å². The predicted octanol–water partition coefficient (Wildman–Crippen LogP) is 2.63. The Kier molecular flexibility index (Phi) is 4.55. The fourth-order valence-corrected chi connectivity index (χ4v) is 2.50. The summed E-state index contributed by atoms with van der Waals surface area (Å²) in [4.78, 5) is 11.6. The Hall–Kier alpha value is -1.84. The largest absolute Gasteiger partial charge is 0.465 e. The van der Waals surface area contributed by atoms with Crippen LogP contribution in [0.4, 0.5) is 0 Å². The number of carbonyl (C=O) groups is 1. The molecule has 0 aliphatic heterocycles. The van der Waals surface area contributed by atoms with Crippen LogP contribution in [0, 0.1) is 0 Å². The van der Waals surface area contributed by atoms with Gasteiger partial charge in [0.2, 0.25) is 12.3 Å². The number of carbonyl (C=O) groups excluding carboxylic acids is 1. The molecule has 0 bridgehead atoms. The average Bonchev–Trinajstić information content (AvgIpc) is 2.48. The SMILES string of the molecule is COC(=O)c1ccccc1C=[N+](O)C1CCCCC1. The standard InChI is InChI=1S/C15H20NO3/c1-19-15(17)14-10-6-5-7-12(14)11-16(18)13-8-3-2-4-9-13/h5-7,10-11,13,18H,2-4,8-9H2,1H3/q+1. The summed E-state index contributed by atoms with van der Waals surface area (Å²) in [6, 6.07) is 7.28. The highest BCUT2D eigenvalue weighted by molar-refractivity contribution is 5.98. The molecule has 0 spiro atoms. The van der Waals surface area contributed by atoms with Crippen molar-refractivity contribution in [1.82, 2.24) is 0 Å². The molecule has 0 heterocycles. The maximum absolute atomic E-state index is 11.6. The first-order valence-corrected chi connectivity index (χ1v) is 6.72. The Morgan fingerprint density at radius 2 is 2.00 bits per heavy atom. The van der Waals surface area contributed by atoms with Gasteiger partial charge in [0.25, 0.3) is 0 Å². The molecule has 2 rings (SSSR count). The fourth-order valence-electron chi connectivity index (χ4n) is 2.50. The van der Waals surface area contributed by atoms with Crippen molar-refractivity contribution in [3.8, 4) is 0 Å². The zero-order valence-corrected chi connectivity index (χ0v) is 11.2. The van der Waals surface area contributed by atoms with Crippen LogP contribution in [0.1, 0.15) is 48.0 Å². The van der Waals surface area contributed by atoms with Crippen LogP contribution in [0.3, 0.4) is 0 Å². The number of methoxy groups -OCH3 is 1. The number of nitrogens with zero attached hydrogens (tertiary/aromatic N) is 1. The van der Waals surface area contributed by atoms with E-state index >= 15 is 0 Å². The number of esters is 1. The highest BCUT2D eigenvalue weighted by atomic mass is 16.5. The van der Waals surface area contributed by atoms with Crippen molar-refractivity contribution in [1.29, 1.82) is 0 Å². The average molecular weight is 262 g/mol. The summed E-state index contributed by atoms with van der Waals surface area (Å²) in [5.74, 6) is -0.385. The molecule has 19 heavy (non-hydrogen) atoms. The van der Waals surface area contributed by atoms with E-state index in [1.807, 2.05) is 6.07 Å². The van der Waals surface area contributed by atoms with Crippen LogP contribution in [-0.4, -0.2) is 35.3 Å². The smallest absolute Gasteiger partial charge is 0.338 e. The topological polar surface area (TPSA) is 49.5 Å². The summed E-state index contributed by atoms with van der Waals surface area (Å²) >= 11 is 0. The minimum atomic E-state index is -0.385. The minimum absolute atomic E-state index is 0.152. The molecule has 4 heteroatoms. The maximum atomic E-state index is 11.6. The minimum Gasteiger partial charge on any atom is -0.465 e. The molecule has 1 N–H and O–H groups in total. The zero-order chi connectivity index (χ0) is 13.7. The lowest BCUT2D eigenvalue weighted by Crippen LogP contribution is -2.27. The molecule has 0 aromatic heterocycles. The third-order valence-electron chi connectivity index (χ3n) is 3.59. The van der Waals surface area contributed by atoms with Crippen LogP contribution >= 0.6 is 0 Å². The lowest BCUT2D eigenvalue weighted by atomic mass is 9.96. The first-order chi connectivity index (χ1) is 9.22. The van der Waals surface area contributed by atoms with Gasteiger partial charge in [0.1, 0.15) is 0 Å². The second kappa shape index (κ2) is 6.36. The van der Waals surface area contributed by atoms with Gasteiger partial charge in [0.05, 0.1) is 18.2 Å². The third kappa shape index (κ3) is 3.34. The van der Waals surface area contributed by atoms with E-state index in [1.54, 1.807) is 24.4 Å².